The third-order valence-corrected chi connectivity index (χ3v) is 2.44. The first-order valence-corrected chi connectivity index (χ1v) is 5.39. The van der Waals surface area contributed by atoms with E-state index in [9.17, 15) is 15.3 Å². The molecular weight excluding hydrogens is 216 g/mol. The molecule has 1 saturated heterocycles. The summed E-state index contributed by atoms with van der Waals surface area (Å²) in [5.74, 6) is 0.257. The molecule has 1 rings (SSSR count). The number of aliphatic hydroxyl groups excluding tert-OH is 4. The average molecular weight is 236 g/mol. The molecule has 5 atom stereocenters. The van der Waals surface area contributed by atoms with Gasteiger partial charge in [-0.15, -0.1) is 0 Å². The van der Waals surface area contributed by atoms with E-state index in [1.807, 2.05) is 13.8 Å². The third kappa shape index (κ3) is 3.13. The van der Waals surface area contributed by atoms with Gasteiger partial charge < -0.3 is 29.9 Å². The molecule has 0 aromatic rings. The zero-order chi connectivity index (χ0) is 12.3. The highest BCUT2D eigenvalue weighted by Crippen LogP contribution is 2.22. The minimum absolute atomic E-state index is 0.257. The molecule has 0 aromatic carbocycles. The van der Waals surface area contributed by atoms with E-state index in [-0.39, 0.29) is 5.92 Å². The molecule has 0 bridgehead atoms. The lowest BCUT2D eigenvalue weighted by molar-refractivity contribution is -0.302. The van der Waals surface area contributed by atoms with Crippen LogP contribution in [0.2, 0.25) is 0 Å². The topological polar surface area (TPSA) is 99.4 Å². The Morgan fingerprint density at radius 2 is 1.75 bits per heavy atom. The molecule has 1 heterocycles. The van der Waals surface area contributed by atoms with E-state index in [1.54, 1.807) is 0 Å². The van der Waals surface area contributed by atoms with Crippen molar-refractivity contribution in [2.45, 2.75) is 44.6 Å². The van der Waals surface area contributed by atoms with Gasteiger partial charge in [-0.05, 0) is 5.92 Å². The fourth-order valence-electron chi connectivity index (χ4n) is 1.49. The van der Waals surface area contributed by atoms with Gasteiger partial charge in [-0.2, -0.15) is 0 Å². The van der Waals surface area contributed by atoms with Gasteiger partial charge in [0.15, 0.2) is 6.29 Å². The van der Waals surface area contributed by atoms with Crippen molar-refractivity contribution < 1.29 is 29.9 Å². The first-order valence-electron chi connectivity index (χ1n) is 5.39. The van der Waals surface area contributed by atoms with Crippen molar-refractivity contribution in [3.8, 4) is 0 Å². The van der Waals surface area contributed by atoms with Gasteiger partial charge in [-0.1, -0.05) is 13.8 Å². The Bertz CT molecular complexity index is 207. The molecule has 0 radical (unpaired) electrons. The van der Waals surface area contributed by atoms with Crippen LogP contribution < -0.4 is 0 Å². The molecule has 0 aromatic heterocycles. The van der Waals surface area contributed by atoms with Gasteiger partial charge in [0.1, 0.15) is 24.4 Å². The van der Waals surface area contributed by atoms with Gasteiger partial charge >= 0.3 is 0 Å². The van der Waals surface area contributed by atoms with Crippen LogP contribution in [0.1, 0.15) is 13.8 Å². The van der Waals surface area contributed by atoms with Crippen molar-refractivity contribution >= 4 is 0 Å². The molecule has 6 nitrogen and oxygen atoms in total. The lowest BCUT2D eigenvalue weighted by atomic mass is 9.99. The Labute approximate surface area is 94.4 Å². The van der Waals surface area contributed by atoms with Crippen LogP contribution in [0.15, 0.2) is 0 Å². The summed E-state index contributed by atoms with van der Waals surface area (Å²) in [4.78, 5) is 0. The first-order chi connectivity index (χ1) is 7.47. The maximum absolute atomic E-state index is 9.59. The molecular formula is C10H20O6. The molecule has 16 heavy (non-hydrogen) atoms. The lowest BCUT2D eigenvalue weighted by Crippen LogP contribution is -2.59. The van der Waals surface area contributed by atoms with E-state index in [2.05, 4.69) is 0 Å². The minimum Gasteiger partial charge on any atom is -0.394 e. The van der Waals surface area contributed by atoms with Crippen molar-refractivity contribution in [3.63, 3.8) is 0 Å². The van der Waals surface area contributed by atoms with Crippen LogP contribution >= 0.6 is 0 Å². The van der Waals surface area contributed by atoms with Crippen molar-refractivity contribution in [2.75, 3.05) is 13.2 Å². The van der Waals surface area contributed by atoms with Gasteiger partial charge in [0.05, 0.1) is 13.2 Å². The molecule has 0 spiro atoms. The van der Waals surface area contributed by atoms with Crippen LogP contribution in [-0.2, 0) is 9.47 Å². The summed E-state index contributed by atoms with van der Waals surface area (Å²) in [6.07, 6.45) is -5.94. The Morgan fingerprint density at radius 3 is 2.25 bits per heavy atom. The van der Waals surface area contributed by atoms with Crippen LogP contribution in [0.3, 0.4) is 0 Å². The summed E-state index contributed by atoms with van der Waals surface area (Å²) in [5.41, 5.74) is 0. The summed E-state index contributed by atoms with van der Waals surface area (Å²) < 4.78 is 10.4. The summed E-state index contributed by atoms with van der Waals surface area (Å²) in [7, 11) is 0. The minimum atomic E-state index is -1.37. The van der Waals surface area contributed by atoms with Gasteiger partial charge in [0.2, 0.25) is 0 Å². The second-order valence-electron chi connectivity index (χ2n) is 4.42. The Morgan fingerprint density at radius 1 is 1.12 bits per heavy atom. The highest BCUT2D eigenvalue weighted by atomic mass is 16.7. The fourth-order valence-corrected chi connectivity index (χ4v) is 1.49. The van der Waals surface area contributed by atoms with E-state index < -0.39 is 37.3 Å². The molecule has 6 heteroatoms. The van der Waals surface area contributed by atoms with E-state index >= 15 is 0 Å². The highest BCUT2D eigenvalue weighted by Gasteiger charge is 2.43. The quantitative estimate of drug-likeness (QED) is 0.472. The van der Waals surface area contributed by atoms with Gasteiger partial charge in [-0.25, -0.2) is 0 Å². The number of hydrogen-bond donors (Lipinski definition) is 4. The monoisotopic (exact) mass is 236 g/mol. The average Bonchev–Trinajstić information content (AvgIpc) is 2.25. The number of aliphatic hydroxyl groups is 4. The van der Waals surface area contributed by atoms with Crippen molar-refractivity contribution in [1.29, 1.82) is 0 Å². The first kappa shape index (κ1) is 13.8. The van der Waals surface area contributed by atoms with E-state index in [0.717, 1.165) is 0 Å². The van der Waals surface area contributed by atoms with Crippen molar-refractivity contribution in [3.05, 3.63) is 0 Å². The molecule has 0 aliphatic carbocycles. The van der Waals surface area contributed by atoms with E-state index in [4.69, 9.17) is 14.6 Å². The molecule has 0 saturated carbocycles. The number of rotatable bonds is 4. The zero-order valence-corrected chi connectivity index (χ0v) is 9.48. The lowest BCUT2D eigenvalue weighted by Gasteiger charge is -2.39. The summed E-state index contributed by atoms with van der Waals surface area (Å²) in [5, 5.41) is 37.5. The standard InChI is InChI=1S/C10H20O6/c1-5(2)4-15-10-9(14)8(13)7(12)6(3-11)16-10/h5-14H,3-4H2,1-2H3/t6?,7-,8?,9?,10-/m1/s1. The van der Waals surface area contributed by atoms with Gasteiger partial charge in [0, 0.05) is 0 Å². The van der Waals surface area contributed by atoms with Crippen LogP contribution in [0.25, 0.3) is 0 Å². The van der Waals surface area contributed by atoms with Crippen LogP contribution in [0.5, 0.6) is 0 Å². The van der Waals surface area contributed by atoms with Gasteiger partial charge in [0.25, 0.3) is 0 Å². The SMILES string of the molecule is CC(C)CO[C@@H]1OC(CO)[C@@H](O)C(O)C1O. The molecule has 0 amide bonds. The third-order valence-electron chi connectivity index (χ3n) is 2.44. The van der Waals surface area contributed by atoms with Crippen LogP contribution in [0.4, 0.5) is 0 Å². The maximum Gasteiger partial charge on any atom is 0.186 e. The van der Waals surface area contributed by atoms with Crippen molar-refractivity contribution in [1.82, 2.24) is 0 Å². The Kier molecular flexibility index (Phi) is 5.10. The summed E-state index contributed by atoms with van der Waals surface area (Å²) in [6, 6.07) is 0. The smallest absolute Gasteiger partial charge is 0.186 e. The second-order valence-corrected chi connectivity index (χ2v) is 4.42. The van der Waals surface area contributed by atoms with Gasteiger partial charge in [-0.3, -0.25) is 0 Å². The van der Waals surface area contributed by atoms with Crippen molar-refractivity contribution in [2.24, 2.45) is 5.92 Å². The molecule has 1 aliphatic heterocycles. The van der Waals surface area contributed by atoms with E-state index in [1.165, 1.54) is 0 Å². The fraction of sp³-hybridized carbons (Fsp3) is 1.00. The number of hydrogen-bond acceptors (Lipinski definition) is 6. The molecule has 1 aliphatic rings. The number of ether oxygens (including phenoxy) is 2. The van der Waals surface area contributed by atoms with E-state index in [0.29, 0.717) is 6.61 Å². The predicted octanol–water partition coefficient (Wildman–Crippen LogP) is -1.54. The highest BCUT2D eigenvalue weighted by molar-refractivity contribution is 4.88. The zero-order valence-electron chi connectivity index (χ0n) is 9.48. The van der Waals surface area contributed by atoms with Crippen LogP contribution in [-0.4, -0.2) is 64.3 Å². The molecule has 96 valence electrons. The van der Waals surface area contributed by atoms with Crippen LogP contribution in [0, 0.1) is 5.92 Å². The largest absolute Gasteiger partial charge is 0.394 e. The summed E-state index contributed by atoms with van der Waals surface area (Å²) >= 11 is 0. The molecule has 3 unspecified atom stereocenters. The second kappa shape index (κ2) is 5.90. The normalized spacial score (nSPS) is 40.3. The summed E-state index contributed by atoms with van der Waals surface area (Å²) in [6.45, 7) is 3.79. The maximum atomic E-state index is 9.59. The Balaban J connectivity index is 2.56. The molecule has 1 fully saturated rings. The molecule has 4 N–H and O–H groups in total. The predicted molar refractivity (Wildman–Crippen MR) is 54.6 cm³/mol. The Hall–Kier alpha value is -0.240.